The minimum absolute atomic E-state index is 0.0206. The van der Waals surface area contributed by atoms with E-state index < -0.39 is 11.8 Å². The monoisotopic (exact) mass is 475 g/mol. The van der Waals surface area contributed by atoms with Gasteiger partial charge in [-0.1, -0.05) is 41.9 Å². The largest absolute Gasteiger partial charge is 0.375 e. The Kier molecular flexibility index (Phi) is 6.72. The highest BCUT2D eigenvalue weighted by atomic mass is 35.5. The van der Waals surface area contributed by atoms with Gasteiger partial charge in [-0.05, 0) is 43.3 Å². The summed E-state index contributed by atoms with van der Waals surface area (Å²) in [6.45, 7) is 1.91. The Balaban J connectivity index is 1.68. The molecule has 9 heteroatoms. The molecule has 0 bridgehead atoms. The average Bonchev–Trinajstić information content (AvgIpc) is 3.28. The van der Waals surface area contributed by atoms with Crippen LogP contribution in [0.25, 0.3) is 16.9 Å². The Bertz CT molecular complexity index is 1350. The molecule has 1 atom stereocenters. The van der Waals surface area contributed by atoms with Crippen molar-refractivity contribution in [3.05, 3.63) is 94.8 Å². The number of pyridine rings is 1. The van der Waals surface area contributed by atoms with Crippen molar-refractivity contribution in [2.45, 2.75) is 13.0 Å². The highest BCUT2D eigenvalue weighted by Gasteiger charge is 2.19. The van der Waals surface area contributed by atoms with Gasteiger partial charge >= 0.3 is 0 Å². The van der Waals surface area contributed by atoms with Gasteiger partial charge in [-0.15, -0.1) is 0 Å². The van der Waals surface area contributed by atoms with E-state index in [1.54, 1.807) is 37.4 Å². The van der Waals surface area contributed by atoms with Crippen molar-refractivity contribution < 1.29 is 14.3 Å². The van der Waals surface area contributed by atoms with E-state index in [9.17, 15) is 9.59 Å². The number of hydrogen-bond donors (Lipinski definition) is 2. The minimum Gasteiger partial charge on any atom is -0.375 e. The molecule has 172 valence electrons. The van der Waals surface area contributed by atoms with Gasteiger partial charge in [-0.3, -0.25) is 14.6 Å². The molecule has 0 aliphatic rings. The number of ether oxygens (including phenoxy) is 1. The van der Waals surface area contributed by atoms with E-state index in [1.807, 2.05) is 43.3 Å². The predicted molar refractivity (Wildman–Crippen MR) is 130 cm³/mol. The molecule has 1 unspecified atom stereocenters. The number of hydrogen-bond acceptors (Lipinski definition) is 5. The summed E-state index contributed by atoms with van der Waals surface area (Å²) in [5.41, 5.74) is 8.48. The summed E-state index contributed by atoms with van der Waals surface area (Å²) in [5.74, 6) is -0.900. The van der Waals surface area contributed by atoms with Crippen LogP contribution in [0.4, 0.5) is 5.82 Å². The summed E-state index contributed by atoms with van der Waals surface area (Å²) in [6, 6.07) is 21.2. The molecule has 8 nitrogen and oxygen atoms in total. The first kappa shape index (κ1) is 23.2. The fourth-order valence-electron chi connectivity index (χ4n) is 3.36. The summed E-state index contributed by atoms with van der Waals surface area (Å²) in [5, 5.41) is 7.28. The number of rotatable bonds is 7. The zero-order valence-corrected chi connectivity index (χ0v) is 19.3. The zero-order valence-electron chi connectivity index (χ0n) is 18.5. The fraction of sp³-hybridized carbons (Fsp3) is 0.120. The van der Waals surface area contributed by atoms with Crippen molar-refractivity contribution in [2.24, 2.45) is 5.73 Å². The molecule has 4 rings (SSSR count). The van der Waals surface area contributed by atoms with Crippen molar-refractivity contribution in [3.63, 3.8) is 0 Å². The third-order valence-corrected chi connectivity index (χ3v) is 5.58. The smallest absolute Gasteiger partial charge is 0.269 e. The summed E-state index contributed by atoms with van der Waals surface area (Å²) in [4.78, 5) is 29.6. The van der Waals surface area contributed by atoms with Crippen molar-refractivity contribution in [1.29, 1.82) is 0 Å². The Labute approximate surface area is 201 Å². The van der Waals surface area contributed by atoms with Gasteiger partial charge < -0.3 is 15.8 Å². The maximum absolute atomic E-state index is 13.2. The second kappa shape index (κ2) is 9.86. The standard InChI is InChI=1S/C25H22ClN5O3/c1-15(34-2)20-9-6-10-21(28-20)16-11-12-19(26)18(13-16)25(33)29-23-14-22(24(27)32)30-31(23)17-7-4-3-5-8-17/h3-15H,1-2H3,(H2,27,32)(H,29,33). The van der Waals surface area contributed by atoms with Crippen molar-refractivity contribution >= 4 is 29.2 Å². The SMILES string of the molecule is COC(C)c1cccc(-c2ccc(Cl)c(C(=O)Nc3cc(C(N)=O)nn3-c3ccccc3)c2)n1. The van der Waals surface area contributed by atoms with E-state index in [2.05, 4.69) is 15.4 Å². The van der Waals surface area contributed by atoms with Gasteiger partial charge in [0.05, 0.1) is 33.8 Å². The fourth-order valence-corrected chi connectivity index (χ4v) is 3.56. The first-order valence-corrected chi connectivity index (χ1v) is 10.8. The first-order valence-electron chi connectivity index (χ1n) is 10.4. The molecule has 2 aromatic carbocycles. The van der Waals surface area contributed by atoms with Gasteiger partial charge in [-0.25, -0.2) is 4.68 Å². The van der Waals surface area contributed by atoms with Crippen LogP contribution in [0.2, 0.25) is 5.02 Å². The van der Waals surface area contributed by atoms with E-state index >= 15 is 0 Å². The van der Waals surface area contributed by atoms with Crippen molar-refractivity contribution in [2.75, 3.05) is 12.4 Å². The van der Waals surface area contributed by atoms with Crippen LogP contribution in [-0.2, 0) is 4.74 Å². The number of primary amides is 1. The number of nitrogens with one attached hydrogen (secondary N) is 1. The summed E-state index contributed by atoms with van der Waals surface area (Å²) in [6.07, 6.45) is -0.173. The van der Waals surface area contributed by atoms with Crippen molar-refractivity contribution in [1.82, 2.24) is 14.8 Å². The second-order valence-electron chi connectivity index (χ2n) is 7.50. The molecule has 0 spiro atoms. The van der Waals surface area contributed by atoms with Crippen LogP contribution in [0.5, 0.6) is 0 Å². The number of carbonyl (C=O) groups is 2. The van der Waals surface area contributed by atoms with Crippen LogP contribution >= 0.6 is 11.6 Å². The first-order chi connectivity index (χ1) is 16.4. The number of para-hydroxylation sites is 1. The Morgan fingerprint density at radius 3 is 2.53 bits per heavy atom. The highest BCUT2D eigenvalue weighted by molar-refractivity contribution is 6.34. The van der Waals surface area contributed by atoms with Gasteiger partial charge in [0.2, 0.25) is 0 Å². The third kappa shape index (κ3) is 4.83. The quantitative estimate of drug-likeness (QED) is 0.404. The molecule has 0 aliphatic heterocycles. The molecular weight excluding hydrogens is 454 g/mol. The van der Waals surface area contributed by atoms with Crippen LogP contribution in [0.15, 0.2) is 72.8 Å². The summed E-state index contributed by atoms with van der Waals surface area (Å²) >= 11 is 6.36. The number of nitrogens with two attached hydrogens (primary N) is 1. The number of amides is 2. The highest BCUT2D eigenvalue weighted by Crippen LogP contribution is 2.27. The van der Waals surface area contributed by atoms with E-state index in [0.29, 0.717) is 16.9 Å². The van der Waals surface area contributed by atoms with E-state index in [0.717, 1.165) is 5.69 Å². The molecule has 2 aromatic heterocycles. The topological polar surface area (TPSA) is 112 Å². The molecule has 0 fully saturated rings. The normalized spacial score (nSPS) is 11.7. The molecule has 34 heavy (non-hydrogen) atoms. The van der Waals surface area contributed by atoms with Crippen molar-refractivity contribution in [3.8, 4) is 16.9 Å². The summed E-state index contributed by atoms with van der Waals surface area (Å²) < 4.78 is 6.79. The lowest BCUT2D eigenvalue weighted by Gasteiger charge is -2.12. The maximum Gasteiger partial charge on any atom is 0.269 e. The molecule has 3 N–H and O–H groups in total. The van der Waals surface area contributed by atoms with Crippen LogP contribution < -0.4 is 11.1 Å². The Hall–Kier alpha value is -4.01. The lowest BCUT2D eigenvalue weighted by molar-refractivity contribution is 0.0992. The summed E-state index contributed by atoms with van der Waals surface area (Å²) in [7, 11) is 1.62. The number of halogens is 1. The lowest BCUT2D eigenvalue weighted by Crippen LogP contribution is -2.16. The van der Waals surface area contributed by atoms with Gasteiger partial charge in [0.1, 0.15) is 5.82 Å². The average molecular weight is 476 g/mol. The molecule has 2 heterocycles. The molecule has 0 aliphatic carbocycles. The number of benzene rings is 2. The molecular formula is C25H22ClN5O3. The number of carbonyl (C=O) groups excluding carboxylic acids is 2. The number of aromatic nitrogens is 3. The predicted octanol–water partition coefficient (Wildman–Crippen LogP) is 4.65. The molecule has 2 amide bonds. The Morgan fingerprint density at radius 2 is 1.82 bits per heavy atom. The number of anilines is 1. The minimum atomic E-state index is -0.707. The van der Waals surface area contributed by atoms with Crippen LogP contribution in [0, 0.1) is 0 Å². The maximum atomic E-state index is 13.2. The number of methoxy groups -OCH3 is 1. The van der Waals surface area contributed by atoms with Gasteiger partial charge in [0.15, 0.2) is 5.69 Å². The van der Waals surface area contributed by atoms with E-state index in [-0.39, 0.29) is 28.2 Å². The van der Waals surface area contributed by atoms with E-state index in [4.69, 9.17) is 22.1 Å². The second-order valence-corrected chi connectivity index (χ2v) is 7.91. The molecule has 4 aromatic rings. The molecule has 0 saturated heterocycles. The molecule has 0 saturated carbocycles. The zero-order chi connectivity index (χ0) is 24.2. The molecule has 0 radical (unpaired) electrons. The van der Waals surface area contributed by atoms with Crippen LogP contribution in [0.1, 0.15) is 39.6 Å². The Morgan fingerprint density at radius 1 is 1.06 bits per heavy atom. The van der Waals surface area contributed by atoms with Gasteiger partial charge in [-0.2, -0.15) is 5.10 Å². The van der Waals surface area contributed by atoms with Gasteiger partial charge in [0.25, 0.3) is 11.8 Å². The van der Waals surface area contributed by atoms with Crippen LogP contribution in [0.3, 0.4) is 0 Å². The van der Waals surface area contributed by atoms with Gasteiger partial charge in [0, 0.05) is 18.7 Å². The van der Waals surface area contributed by atoms with Crippen LogP contribution in [-0.4, -0.2) is 33.7 Å². The lowest BCUT2D eigenvalue weighted by atomic mass is 10.1. The third-order valence-electron chi connectivity index (χ3n) is 5.25. The number of nitrogens with zero attached hydrogens (tertiary/aromatic N) is 3. The van der Waals surface area contributed by atoms with E-state index in [1.165, 1.54) is 10.7 Å².